The quantitative estimate of drug-likeness (QED) is 0.238. The molecule has 0 spiro atoms. The Balaban J connectivity index is 1.45. The summed E-state index contributed by atoms with van der Waals surface area (Å²) in [6.07, 6.45) is -10.1. The predicted octanol–water partition coefficient (Wildman–Crippen LogP) is 7.02. The number of rotatable bonds is 6. The summed E-state index contributed by atoms with van der Waals surface area (Å²) >= 11 is 5.87. The third-order valence-electron chi connectivity index (χ3n) is 7.55. The van der Waals surface area contributed by atoms with Crippen molar-refractivity contribution < 1.29 is 40.3 Å². The summed E-state index contributed by atoms with van der Waals surface area (Å²) in [6, 6.07) is 7.62. The van der Waals surface area contributed by atoms with Gasteiger partial charge in [-0.2, -0.15) is 26.3 Å². The number of amides is 1. The Bertz CT molecular complexity index is 1420. The maximum atomic E-state index is 13.8. The lowest BCUT2D eigenvalue weighted by Crippen LogP contribution is -2.48. The second kappa shape index (κ2) is 11.3. The fourth-order valence-corrected chi connectivity index (χ4v) is 5.83. The van der Waals surface area contributed by atoms with E-state index in [1.807, 2.05) is 0 Å². The number of fused-ring (bicyclic) bond motifs is 1. The minimum Gasteiger partial charge on any atom is -0.368 e. The summed E-state index contributed by atoms with van der Waals surface area (Å²) in [5, 5.41) is 3.18. The van der Waals surface area contributed by atoms with E-state index in [1.54, 1.807) is 11.0 Å². The van der Waals surface area contributed by atoms with Gasteiger partial charge in [-0.15, -0.1) is 0 Å². The third kappa shape index (κ3) is 6.46. The van der Waals surface area contributed by atoms with Crippen molar-refractivity contribution in [2.24, 2.45) is 0 Å². The van der Waals surface area contributed by atoms with Crippen molar-refractivity contribution in [1.82, 2.24) is 14.9 Å². The van der Waals surface area contributed by atoms with Gasteiger partial charge < -0.3 is 15.0 Å². The molecule has 42 heavy (non-hydrogen) atoms. The van der Waals surface area contributed by atoms with Crippen molar-refractivity contribution in [3.8, 4) is 0 Å². The molecule has 1 unspecified atom stereocenters. The Kier molecular flexibility index (Phi) is 8.10. The molecule has 1 amide bonds. The molecular weight excluding hydrogens is 593 g/mol. The molecule has 2 aliphatic heterocycles. The van der Waals surface area contributed by atoms with E-state index < -0.39 is 53.5 Å². The number of anilines is 1. The first-order valence-corrected chi connectivity index (χ1v) is 13.3. The number of benzene rings is 2. The molecule has 5 rings (SSSR count). The van der Waals surface area contributed by atoms with E-state index in [9.17, 15) is 35.5 Å². The van der Waals surface area contributed by atoms with Crippen LogP contribution < -0.4 is 5.32 Å². The molecule has 1 N–H and O–H groups in total. The molecule has 6 nitrogen and oxygen atoms in total. The van der Waals surface area contributed by atoms with E-state index >= 15 is 0 Å². The number of carbonyl (C=O) groups excluding carboxylic acids is 1. The summed E-state index contributed by atoms with van der Waals surface area (Å²) in [5.41, 5.74) is -2.60. The number of hydrogen-bond donors (Lipinski definition) is 1. The van der Waals surface area contributed by atoms with Gasteiger partial charge in [0.05, 0.1) is 23.3 Å². The Morgan fingerprint density at radius 1 is 1.02 bits per heavy atom. The number of nitrogens with zero attached hydrogens (tertiary/aromatic N) is 3. The Hall–Kier alpha value is -3.45. The monoisotopic (exact) mass is 616 g/mol. The molecule has 2 fully saturated rings. The second-order valence-corrected chi connectivity index (χ2v) is 10.7. The minimum atomic E-state index is -5.01. The van der Waals surface area contributed by atoms with Crippen molar-refractivity contribution in [2.75, 3.05) is 11.9 Å². The number of hydrogen-bond acceptors (Lipinski definition) is 5. The number of alkyl halides is 6. The molecular formula is C28H24ClF7N4O2. The molecule has 0 saturated carbocycles. The van der Waals surface area contributed by atoms with Gasteiger partial charge in [-0.3, -0.25) is 4.79 Å². The van der Waals surface area contributed by atoms with Gasteiger partial charge >= 0.3 is 12.4 Å². The number of piperidine rings is 1. The van der Waals surface area contributed by atoms with Crippen LogP contribution in [0.3, 0.4) is 0 Å². The number of aromatic nitrogens is 2. The van der Waals surface area contributed by atoms with Crippen LogP contribution in [0, 0.1) is 5.82 Å². The van der Waals surface area contributed by atoms with Gasteiger partial charge in [-0.1, -0.05) is 12.1 Å². The van der Waals surface area contributed by atoms with Crippen molar-refractivity contribution in [1.29, 1.82) is 0 Å². The van der Waals surface area contributed by atoms with E-state index in [0.29, 0.717) is 29.9 Å². The Morgan fingerprint density at radius 3 is 2.26 bits per heavy atom. The van der Waals surface area contributed by atoms with Gasteiger partial charge in [0.25, 0.3) is 0 Å². The van der Waals surface area contributed by atoms with Crippen LogP contribution in [0.1, 0.15) is 54.0 Å². The highest BCUT2D eigenvalue weighted by molar-refractivity contribution is 6.28. The van der Waals surface area contributed by atoms with Crippen LogP contribution in [0.2, 0.25) is 5.28 Å². The van der Waals surface area contributed by atoms with Crippen molar-refractivity contribution >= 4 is 23.3 Å². The molecule has 224 valence electrons. The van der Waals surface area contributed by atoms with Crippen LogP contribution in [0.4, 0.5) is 36.6 Å². The predicted molar refractivity (Wildman–Crippen MR) is 138 cm³/mol. The van der Waals surface area contributed by atoms with Gasteiger partial charge in [-0.05, 0) is 72.5 Å². The van der Waals surface area contributed by atoms with Gasteiger partial charge in [0.2, 0.25) is 11.2 Å². The molecule has 3 aromatic rings. The lowest BCUT2D eigenvalue weighted by Gasteiger charge is -2.37. The highest BCUT2D eigenvalue weighted by Gasteiger charge is 2.49. The normalized spacial score (nSPS) is 23.5. The Labute approximate surface area is 240 Å². The van der Waals surface area contributed by atoms with Crippen LogP contribution in [0.5, 0.6) is 0 Å². The number of carbonyl (C=O) groups is 1. The average molecular weight is 617 g/mol. The largest absolute Gasteiger partial charge is 0.416 e. The first-order valence-electron chi connectivity index (χ1n) is 12.9. The smallest absolute Gasteiger partial charge is 0.368 e. The van der Waals surface area contributed by atoms with Gasteiger partial charge in [0.1, 0.15) is 11.6 Å². The zero-order valence-electron chi connectivity index (χ0n) is 21.9. The molecule has 2 aromatic carbocycles. The van der Waals surface area contributed by atoms with E-state index in [2.05, 4.69) is 15.3 Å². The summed E-state index contributed by atoms with van der Waals surface area (Å²) in [7, 11) is 0. The van der Waals surface area contributed by atoms with Gasteiger partial charge in [0.15, 0.2) is 0 Å². The standard InChI is InChI=1S/C28H24ClF7N4O2/c1-14(16-8-17(27(31,32)33)10-18(9-16)28(34,35)36)42-22-13-40-21(25(22)15-2-4-19(30)5-3-15)11-20(12-24(40)41)38-23-6-7-37-26(29)39-23/h2-10,14,20-22,25H,11-13H2,1H3,(H,37,38,39)/t14-,20?,21+,22+,25+/m1/s1. The maximum Gasteiger partial charge on any atom is 0.416 e. The van der Waals surface area contributed by atoms with E-state index in [-0.39, 0.29) is 41.8 Å². The van der Waals surface area contributed by atoms with Gasteiger partial charge in [0, 0.05) is 37.2 Å². The van der Waals surface area contributed by atoms with Crippen molar-refractivity contribution in [2.45, 2.75) is 62.3 Å². The highest BCUT2D eigenvalue weighted by atomic mass is 35.5. The molecule has 0 bridgehead atoms. The lowest BCUT2D eigenvalue weighted by atomic mass is 9.84. The van der Waals surface area contributed by atoms with Crippen LogP contribution in [-0.4, -0.2) is 45.5 Å². The molecule has 14 heteroatoms. The SMILES string of the molecule is C[C@@H](O[C@H]1CN2C(=O)CC(Nc3ccnc(Cl)n3)C[C@H]2[C@@H]1c1ccc(F)cc1)c1cc(C(F)(F)F)cc(C(F)(F)F)c1. The molecule has 1 aromatic heterocycles. The second-order valence-electron chi connectivity index (χ2n) is 10.3. The number of ether oxygens (including phenoxy) is 1. The summed E-state index contributed by atoms with van der Waals surface area (Å²) in [4.78, 5) is 22.8. The highest BCUT2D eigenvalue weighted by Crippen LogP contribution is 2.44. The first kappa shape index (κ1) is 30.0. The molecule has 2 aliphatic rings. The number of halogens is 8. The third-order valence-corrected chi connectivity index (χ3v) is 7.73. The topological polar surface area (TPSA) is 67.3 Å². The van der Waals surface area contributed by atoms with E-state index in [0.717, 1.165) is 0 Å². The zero-order chi connectivity index (χ0) is 30.4. The first-order chi connectivity index (χ1) is 19.7. The van der Waals surface area contributed by atoms with Crippen molar-refractivity contribution in [3.05, 3.63) is 88.1 Å². The Morgan fingerprint density at radius 2 is 1.67 bits per heavy atom. The van der Waals surface area contributed by atoms with Crippen molar-refractivity contribution in [3.63, 3.8) is 0 Å². The summed E-state index contributed by atoms with van der Waals surface area (Å²) in [5.74, 6) is -0.872. The molecule has 5 atom stereocenters. The van der Waals surface area contributed by atoms with Crippen LogP contribution in [0.25, 0.3) is 0 Å². The average Bonchev–Trinajstić information content (AvgIpc) is 3.26. The van der Waals surface area contributed by atoms with Crippen LogP contribution in [-0.2, 0) is 21.9 Å². The van der Waals surface area contributed by atoms with Crippen LogP contribution in [0.15, 0.2) is 54.7 Å². The van der Waals surface area contributed by atoms with E-state index in [4.69, 9.17) is 16.3 Å². The van der Waals surface area contributed by atoms with Gasteiger partial charge in [-0.25, -0.2) is 14.4 Å². The number of nitrogens with one attached hydrogen (secondary N) is 1. The molecule has 0 aliphatic carbocycles. The maximum absolute atomic E-state index is 13.8. The lowest BCUT2D eigenvalue weighted by molar-refractivity contribution is -0.143. The fraction of sp³-hybridized carbons (Fsp3) is 0.393. The summed E-state index contributed by atoms with van der Waals surface area (Å²) in [6.45, 7) is 1.41. The van der Waals surface area contributed by atoms with E-state index in [1.165, 1.54) is 37.4 Å². The van der Waals surface area contributed by atoms with Crippen LogP contribution >= 0.6 is 11.6 Å². The fourth-order valence-electron chi connectivity index (χ4n) is 5.69. The summed E-state index contributed by atoms with van der Waals surface area (Å²) < 4.78 is 101. The minimum absolute atomic E-state index is 0.0135. The molecule has 2 saturated heterocycles. The zero-order valence-corrected chi connectivity index (χ0v) is 22.6. The molecule has 0 radical (unpaired) electrons. The molecule has 3 heterocycles.